The van der Waals surface area contributed by atoms with Gasteiger partial charge in [0.2, 0.25) is 0 Å². The van der Waals surface area contributed by atoms with Crippen LogP contribution in [0.3, 0.4) is 0 Å². The van der Waals surface area contributed by atoms with E-state index in [4.69, 9.17) is 19.4 Å². The van der Waals surface area contributed by atoms with Crippen molar-refractivity contribution in [2.75, 3.05) is 0 Å². The first kappa shape index (κ1) is 33.9. The van der Waals surface area contributed by atoms with Crippen LogP contribution >= 0.6 is 0 Å². The van der Waals surface area contributed by atoms with Gasteiger partial charge < -0.3 is 4.42 Å². The van der Waals surface area contributed by atoms with Crippen LogP contribution in [-0.4, -0.2) is 15.0 Å². The molecule has 8 aromatic carbocycles. The van der Waals surface area contributed by atoms with E-state index in [-0.39, 0.29) is 5.41 Å². The molecule has 0 saturated carbocycles. The predicted molar refractivity (Wildman–Crippen MR) is 237 cm³/mol. The summed E-state index contributed by atoms with van der Waals surface area (Å²) in [7, 11) is 0. The van der Waals surface area contributed by atoms with Gasteiger partial charge in [0.05, 0.1) is 0 Å². The van der Waals surface area contributed by atoms with Crippen LogP contribution < -0.4 is 0 Å². The second-order valence-corrected chi connectivity index (χ2v) is 15.6. The number of para-hydroxylation sites is 1. The average molecular weight is 744 g/mol. The summed E-state index contributed by atoms with van der Waals surface area (Å²) in [6.45, 7) is 4.69. The number of fused-ring (bicyclic) bond motifs is 6. The van der Waals surface area contributed by atoms with Crippen LogP contribution in [0.2, 0.25) is 0 Å². The Morgan fingerprint density at radius 1 is 0.328 bits per heavy atom. The lowest BCUT2D eigenvalue weighted by atomic mass is 9.80. The van der Waals surface area contributed by atoms with Gasteiger partial charge in [0.1, 0.15) is 11.2 Å². The van der Waals surface area contributed by atoms with E-state index < -0.39 is 0 Å². The van der Waals surface area contributed by atoms with Gasteiger partial charge >= 0.3 is 0 Å². The molecule has 2 aromatic heterocycles. The molecule has 2 heterocycles. The Labute approximate surface area is 337 Å². The molecule has 11 rings (SSSR count). The average Bonchev–Trinajstić information content (AvgIpc) is 3.77. The first-order chi connectivity index (χ1) is 28.5. The summed E-state index contributed by atoms with van der Waals surface area (Å²) < 4.78 is 6.42. The van der Waals surface area contributed by atoms with E-state index in [0.717, 1.165) is 60.9 Å². The fourth-order valence-corrected chi connectivity index (χ4v) is 8.76. The Morgan fingerprint density at radius 2 is 0.845 bits per heavy atom. The van der Waals surface area contributed by atoms with Gasteiger partial charge in [-0.25, -0.2) is 15.0 Å². The summed E-state index contributed by atoms with van der Waals surface area (Å²) in [5.74, 6) is 1.92. The normalized spacial score (nSPS) is 12.8. The molecule has 274 valence electrons. The van der Waals surface area contributed by atoms with Crippen LogP contribution in [0.5, 0.6) is 0 Å². The van der Waals surface area contributed by atoms with Crippen molar-refractivity contribution in [3.63, 3.8) is 0 Å². The lowest BCUT2D eigenvalue weighted by molar-refractivity contribution is 0.660. The lowest BCUT2D eigenvalue weighted by Crippen LogP contribution is -2.15. The van der Waals surface area contributed by atoms with Crippen molar-refractivity contribution in [2.24, 2.45) is 0 Å². The number of hydrogen-bond donors (Lipinski definition) is 0. The standard InChI is InChI=1S/C54H37N3O/c1-54(2)47-25-11-9-23-41(47)46-32-44(39-27-28-43-42-24-10-12-26-49(42)58-50(43)31-39)45(33-48(46)54)38-21-13-19-36(29-38)37-20-14-22-40(30-37)53-56-51(34-15-5-3-6-16-34)55-52(57-53)35-17-7-4-8-18-35/h3-33H,1-2H3. The molecule has 0 bridgehead atoms. The van der Waals surface area contributed by atoms with Crippen LogP contribution in [0.1, 0.15) is 25.0 Å². The van der Waals surface area contributed by atoms with Crippen LogP contribution in [0.25, 0.3) is 101 Å². The van der Waals surface area contributed by atoms with Crippen LogP contribution in [-0.2, 0) is 5.41 Å². The van der Waals surface area contributed by atoms with Gasteiger partial charge in [-0.05, 0) is 98.1 Å². The molecule has 0 saturated heterocycles. The Balaban J connectivity index is 1.05. The van der Waals surface area contributed by atoms with E-state index in [9.17, 15) is 0 Å². The summed E-state index contributed by atoms with van der Waals surface area (Å²) in [5.41, 5.74) is 16.6. The highest BCUT2D eigenvalue weighted by molar-refractivity contribution is 6.06. The fraction of sp³-hybridized carbons (Fsp3) is 0.0556. The summed E-state index contributed by atoms with van der Waals surface area (Å²) in [4.78, 5) is 14.9. The molecule has 0 radical (unpaired) electrons. The van der Waals surface area contributed by atoms with Gasteiger partial charge in [0.15, 0.2) is 17.5 Å². The molecule has 0 aliphatic heterocycles. The molecule has 4 heteroatoms. The highest BCUT2D eigenvalue weighted by Crippen LogP contribution is 2.52. The second-order valence-electron chi connectivity index (χ2n) is 15.6. The molecule has 1 aliphatic rings. The van der Waals surface area contributed by atoms with E-state index in [1.54, 1.807) is 0 Å². The maximum Gasteiger partial charge on any atom is 0.164 e. The van der Waals surface area contributed by atoms with Crippen LogP contribution in [0.4, 0.5) is 0 Å². The monoisotopic (exact) mass is 743 g/mol. The van der Waals surface area contributed by atoms with E-state index in [2.05, 4.69) is 129 Å². The van der Waals surface area contributed by atoms with Crippen LogP contribution in [0, 0.1) is 0 Å². The number of benzene rings is 8. The van der Waals surface area contributed by atoms with Crippen molar-refractivity contribution in [3.05, 3.63) is 199 Å². The Hall–Kier alpha value is -7.43. The highest BCUT2D eigenvalue weighted by atomic mass is 16.3. The fourth-order valence-electron chi connectivity index (χ4n) is 8.76. The number of hydrogen-bond acceptors (Lipinski definition) is 4. The van der Waals surface area contributed by atoms with Crippen molar-refractivity contribution < 1.29 is 4.42 Å². The molecular formula is C54H37N3O. The highest BCUT2D eigenvalue weighted by Gasteiger charge is 2.36. The Bertz CT molecular complexity index is 3140. The van der Waals surface area contributed by atoms with Crippen LogP contribution in [0.15, 0.2) is 192 Å². The molecule has 1 aliphatic carbocycles. The smallest absolute Gasteiger partial charge is 0.164 e. The summed E-state index contributed by atoms with van der Waals surface area (Å²) >= 11 is 0. The van der Waals surface area contributed by atoms with Gasteiger partial charge in [-0.15, -0.1) is 0 Å². The molecule has 0 fully saturated rings. The van der Waals surface area contributed by atoms with Crippen molar-refractivity contribution in [3.8, 4) is 78.7 Å². The molecule has 10 aromatic rings. The molecule has 4 nitrogen and oxygen atoms in total. The van der Waals surface area contributed by atoms with Crippen molar-refractivity contribution >= 4 is 21.9 Å². The third-order valence-corrected chi connectivity index (χ3v) is 11.7. The third kappa shape index (κ3) is 5.64. The lowest BCUT2D eigenvalue weighted by Gasteiger charge is -2.23. The summed E-state index contributed by atoms with van der Waals surface area (Å²) in [5, 5.41) is 2.26. The zero-order chi connectivity index (χ0) is 38.8. The van der Waals surface area contributed by atoms with E-state index >= 15 is 0 Å². The van der Waals surface area contributed by atoms with Gasteiger partial charge in [-0.2, -0.15) is 0 Å². The maximum atomic E-state index is 6.42. The Morgan fingerprint density at radius 3 is 1.57 bits per heavy atom. The van der Waals surface area contributed by atoms with Gasteiger partial charge in [0.25, 0.3) is 0 Å². The quantitative estimate of drug-likeness (QED) is 0.170. The molecule has 58 heavy (non-hydrogen) atoms. The maximum absolute atomic E-state index is 6.42. The van der Waals surface area contributed by atoms with Gasteiger partial charge in [-0.1, -0.05) is 159 Å². The minimum atomic E-state index is -0.143. The first-order valence-electron chi connectivity index (χ1n) is 19.8. The number of rotatable bonds is 6. The van der Waals surface area contributed by atoms with Crippen molar-refractivity contribution in [1.29, 1.82) is 0 Å². The Kier molecular flexibility index (Phi) is 7.80. The van der Waals surface area contributed by atoms with Gasteiger partial charge in [-0.3, -0.25) is 0 Å². The molecule has 0 atom stereocenters. The summed E-state index contributed by atoms with van der Waals surface area (Å²) in [6, 6.07) is 66.3. The zero-order valence-electron chi connectivity index (χ0n) is 32.1. The van der Waals surface area contributed by atoms with E-state index in [1.807, 2.05) is 72.8 Å². The second kappa shape index (κ2) is 13.4. The molecule has 0 N–H and O–H groups in total. The minimum absolute atomic E-state index is 0.143. The van der Waals surface area contributed by atoms with Crippen molar-refractivity contribution in [1.82, 2.24) is 15.0 Å². The molecule has 0 amide bonds. The SMILES string of the molecule is CC1(C)c2ccccc2-c2cc(-c3ccc4c(c3)oc3ccccc34)c(-c3cccc(-c4cccc(-c5nc(-c6ccccc6)nc(-c6ccccc6)n5)c4)c3)cc21. The number of furan rings is 1. The number of aromatic nitrogens is 3. The summed E-state index contributed by atoms with van der Waals surface area (Å²) in [6.07, 6.45) is 0. The van der Waals surface area contributed by atoms with Gasteiger partial charge in [0, 0.05) is 32.9 Å². The minimum Gasteiger partial charge on any atom is -0.456 e. The number of nitrogens with zero attached hydrogens (tertiary/aromatic N) is 3. The largest absolute Gasteiger partial charge is 0.456 e. The zero-order valence-corrected chi connectivity index (χ0v) is 32.1. The first-order valence-corrected chi connectivity index (χ1v) is 19.8. The van der Waals surface area contributed by atoms with E-state index in [1.165, 1.54) is 33.4 Å². The molecule has 0 spiro atoms. The topological polar surface area (TPSA) is 51.8 Å². The third-order valence-electron chi connectivity index (χ3n) is 11.7. The van der Waals surface area contributed by atoms with E-state index in [0.29, 0.717) is 17.5 Å². The predicted octanol–water partition coefficient (Wildman–Crippen LogP) is 14.1. The molecule has 0 unspecified atom stereocenters. The molecular weight excluding hydrogens is 707 g/mol. The van der Waals surface area contributed by atoms with Crippen molar-refractivity contribution in [2.45, 2.75) is 19.3 Å².